The van der Waals surface area contributed by atoms with Crippen molar-refractivity contribution in [1.82, 2.24) is 9.46 Å². The number of sulfonamides is 1. The van der Waals surface area contributed by atoms with Gasteiger partial charge in [0.2, 0.25) is 10.0 Å². The van der Waals surface area contributed by atoms with Crippen LogP contribution in [0.2, 0.25) is 5.02 Å². The predicted octanol–water partition coefficient (Wildman–Crippen LogP) is 2.24. The molecular weight excluding hydrogens is 344 g/mol. The molecule has 0 fully saturated rings. The molecule has 0 aliphatic heterocycles. The number of hydrogen-bond donors (Lipinski definition) is 0. The topological polar surface area (TPSA) is 89.7 Å². The van der Waals surface area contributed by atoms with Crippen molar-refractivity contribution < 1.29 is 22.5 Å². The minimum Gasteiger partial charge on any atom is -0.454 e. The van der Waals surface area contributed by atoms with Crippen LogP contribution >= 0.6 is 11.6 Å². The van der Waals surface area contributed by atoms with Crippen molar-refractivity contribution >= 4 is 27.6 Å². The van der Waals surface area contributed by atoms with Crippen LogP contribution in [0.5, 0.6) is 0 Å². The first-order chi connectivity index (χ1) is 10.7. The molecule has 124 valence electrons. The van der Waals surface area contributed by atoms with Gasteiger partial charge in [0.15, 0.2) is 12.4 Å². The first-order valence-electron chi connectivity index (χ1n) is 6.53. The summed E-state index contributed by atoms with van der Waals surface area (Å²) >= 11 is 5.92. The molecule has 0 saturated carbocycles. The summed E-state index contributed by atoms with van der Waals surface area (Å²) in [5, 5.41) is 3.70. The third-order valence-electron chi connectivity index (χ3n) is 2.95. The Morgan fingerprint density at radius 2 is 2.04 bits per heavy atom. The third-order valence-corrected chi connectivity index (χ3v) is 5.24. The molecule has 23 heavy (non-hydrogen) atoms. The summed E-state index contributed by atoms with van der Waals surface area (Å²) in [4.78, 5) is 11.9. The molecule has 2 aromatic rings. The molecule has 0 unspecified atom stereocenters. The molecule has 9 heteroatoms. The fraction of sp³-hybridized carbons (Fsp3) is 0.286. The number of halogens is 1. The van der Waals surface area contributed by atoms with Crippen molar-refractivity contribution in [3.63, 3.8) is 0 Å². The molecule has 7 nitrogen and oxygen atoms in total. The van der Waals surface area contributed by atoms with Crippen molar-refractivity contribution in [3.8, 4) is 0 Å². The number of rotatable bonds is 5. The van der Waals surface area contributed by atoms with Crippen molar-refractivity contribution in [2.24, 2.45) is 0 Å². The lowest BCUT2D eigenvalue weighted by atomic mass is 10.2. The second kappa shape index (κ2) is 6.69. The van der Waals surface area contributed by atoms with E-state index in [-0.39, 0.29) is 22.1 Å². The summed E-state index contributed by atoms with van der Waals surface area (Å²) < 4.78 is 35.4. The first-order valence-corrected chi connectivity index (χ1v) is 8.35. The van der Waals surface area contributed by atoms with Crippen molar-refractivity contribution in [2.75, 3.05) is 14.1 Å². The standard InChI is InChI=1S/C14H15ClN2O5S/c1-9-6-11(22-16-9)8-21-14(18)10-4-5-12(15)13(7-10)23(19,20)17(2)3/h4-7H,8H2,1-3H3. The van der Waals surface area contributed by atoms with Crippen LogP contribution in [0.15, 0.2) is 33.7 Å². The molecule has 0 amide bonds. The van der Waals surface area contributed by atoms with Gasteiger partial charge in [-0.15, -0.1) is 0 Å². The van der Waals surface area contributed by atoms with Crippen LogP contribution in [0, 0.1) is 6.92 Å². The molecule has 1 aromatic heterocycles. The summed E-state index contributed by atoms with van der Waals surface area (Å²) in [7, 11) is -1.01. The van der Waals surface area contributed by atoms with Gasteiger partial charge in [-0.2, -0.15) is 0 Å². The third kappa shape index (κ3) is 3.90. The smallest absolute Gasteiger partial charge is 0.338 e. The lowest BCUT2D eigenvalue weighted by molar-refractivity contribution is 0.0437. The van der Waals surface area contributed by atoms with E-state index in [0.29, 0.717) is 11.5 Å². The minimum atomic E-state index is -3.76. The molecule has 0 aliphatic rings. The molecule has 2 rings (SSSR count). The minimum absolute atomic E-state index is 0.0288. The van der Waals surface area contributed by atoms with Crippen molar-refractivity contribution in [1.29, 1.82) is 0 Å². The Labute approximate surface area is 138 Å². The maximum atomic E-state index is 12.2. The van der Waals surface area contributed by atoms with Gasteiger partial charge in [0.25, 0.3) is 0 Å². The van der Waals surface area contributed by atoms with Gasteiger partial charge in [0.05, 0.1) is 16.3 Å². The number of ether oxygens (including phenoxy) is 1. The van der Waals surface area contributed by atoms with Crippen LogP contribution in [0.3, 0.4) is 0 Å². The number of carbonyl (C=O) groups is 1. The van der Waals surface area contributed by atoms with E-state index in [1.807, 2.05) is 0 Å². The Hall–Kier alpha value is -1.90. The zero-order valence-electron chi connectivity index (χ0n) is 12.7. The number of carbonyl (C=O) groups excluding carboxylic acids is 1. The lowest BCUT2D eigenvalue weighted by Gasteiger charge is -2.13. The van der Waals surface area contributed by atoms with E-state index in [1.54, 1.807) is 13.0 Å². The highest BCUT2D eigenvalue weighted by atomic mass is 35.5. The first kappa shape index (κ1) is 17.5. The highest BCUT2D eigenvalue weighted by Gasteiger charge is 2.23. The van der Waals surface area contributed by atoms with Gasteiger partial charge in [-0.3, -0.25) is 0 Å². The van der Waals surface area contributed by atoms with E-state index >= 15 is 0 Å². The van der Waals surface area contributed by atoms with E-state index in [1.165, 1.54) is 32.3 Å². The maximum absolute atomic E-state index is 12.2. The summed E-state index contributed by atoms with van der Waals surface area (Å²) in [5.74, 6) is -0.295. The molecule has 0 aliphatic carbocycles. The number of benzene rings is 1. The fourth-order valence-corrected chi connectivity index (χ4v) is 3.12. The lowest BCUT2D eigenvalue weighted by Crippen LogP contribution is -2.23. The quantitative estimate of drug-likeness (QED) is 0.761. The van der Waals surface area contributed by atoms with Gasteiger partial charge in [-0.25, -0.2) is 17.5 Å². The van der Waals surface area contributed by atoms with Gasteiger partial charge in [-0.05, 0) is 25.1 Å². The molecule has 0 spiro atoms. The Morgan fingerprint density at radius 3 is 2.61 bits per heavy atom. The Bertz CT molecular complexity index is 829. The molecule has 0 saturated heterocycles. The molecule has 1 heterocycles. The highest BCUT2D eigenvalue weighted by molar-refractivity contribution is 7.89. The SMILES string of the molecule is Cc1cc(COC(=O)c2ccc(Cl)c(S(=O)(=O)N(C)C)c2)on1. The van der Waals surface area contributed by atoms with E-state index in [0.717, 1.165) is 4.31 Å². The van der Waals surface area contributed by atoms with Gasteiger partial charge in [0.1, 0.15) is 4.90 Å². The average molecular weight is 359 g/mol. The van der Waals surface area contributed by atoms with Crippen LogP contribution in [-0.2, 0) is 21.4 Å². The number of aryl methyl sites for hydroxylation is 1. The van der Waals surface area contributed by atoms with Crippen LogP contribution in [0.1, 0.15) is 21.8 Å². The van der Waals surface area contributed by atoms with Gasteiger partial charge >= 0.3 is 5.97 Å². The molecule has 0 atom stereocenters. The Kier molecular flexibility index (Phi) is 5.08. The van der Waals surface area contributed by atoms with Gasteiger partial charge < -0.3 is 9.26 Å². The number of hydrogen-bond acceptors (Lipinski definition) is 6. The molecule has 1 aromatic carbocycles. The molecule has 0 N–H and O–H groups in total. The zero-order chi connectivity index (χ0) is 17.2. The summed E-state index contributed by atoms with van der Waals surface area (Å²) in [6, 6.07) is 5.56. The molecular formula is C14H15ClN2O5S. The molecule has 0 bridgehead atoms. The van der Waals surface area contributed by atoms with Gasteiger partial charge in [0, 0.05) is 20.2 Å². The number of nitrogens with zero attached hydrogens (tertiary/aromatic N) is 2. The zero-order valence-corrected chi connectivity index (χ0v) is 14.3. The van der Waals surface area contributed by atoms with Crippen LogP contribution < -0.4 is 0 Å². The van der Waals surface area contributed by atoms with E-state index in [2.05, 4.69) is 5.16 Å². The maximum Gasteiger partial charge on any atom is 0.338 e. The van der Waals surface area contributed by atoms with E-state index < -0.39 is 16.0 Å². The van der Waals surface area contributed by atoms with E-state index in [9.17, 15) is 13.2 Å². The second-order valence-corrected chi connectivity index (χ2v) is 7.47. The summed E-state index contributed by atoms with van der Waals surface area (Å²) in [6.07, 6.45) is 0. The second-order valence-electron chi connectivity index (χ2n) is 4.94. The largest absolute Gasteiger partial charge is 0.454 e. The Morgan fingerprint density at radius 1 is 1.35 bits per heavy atom. The number of aromatic nitrogens is 1. The van der Waals surface area contributed by atoms with E-state index in [4.69, 9.17) is 20.9 Å². The average Bonchev–Trinajstić information content (AvgIpc) is 2.90. The highest BCUT2D eigenvalue weighted by Crippen LogP contribution is 2.25. The fourth-order valence-electron chi connectivity index (χ4n) is 1.73. The van der Waals surface area contributed by atoms with Crippen LogP contribution in [0.25, 0.3) is 0 Å². The normalized spacial score (nSPS) is 11.7. The predicted molar refractivity (Wildman–Crippen MR) is 82.7 cm³/mol. The van der Waals surface area contributed by atoms with Crippen molar-refractivity contribution in [3.05, 3.63) is 46.3 Å². The van der Waals surface area contributed by atoms with Crippen molar-refractivity contribution in [2.45, 2.75) is 18.4 Å². The van der Waals surface area contributed by atoms with Crippen LogP contribution in [-0.4, -0.2) is 37.9 Å². The summed E-state index contributed by atoms with van der Waals surface area (Å²) in [6.45, 7) is 1.64. The summed E-state index contributed by atoms with van der Waals surface area (Å²) in [5.41, 5.74) is 0.743. The monoisotopic (exact) mass is 358 g/mol. The van der Waals surface area contributed by atoms with Gasteiger partial charge in [-0.1, -0.05) is 16.8 Å². The molecule has 0 radical (unpaired) electrons. The van der Waals surface area contributed by atoms with Crippen LogP contribution in [0.4, 0.5) is 0 Å². The number of esters is 1. The Balaban J connectivity index is 2.21.